The van der Waals surface area contributed by atoms with Gasteiger partial charge in [0.2, 0.25) is 0 Å². The molecule has 7 heteroatoms. The maximum absolute atomic E-state index is 13.8. The standard InChI is InChI=1S/C18H19ClFNO4/c1-3-21(10-18(22)23)17-9-12(20)8-16(19)15(17)11-25-14-6-4-13(24-2)5-7-14/h4-9H,3,10-11H2,1-2H3,(H,22,23). The average molecular weight is 368 g/mol. The highest BCUT2D eigenvalue weighted by Crippen LogP contribution is 2.31. The Balaban J connectivity index is 2.27. The molecule has 0 aromatic heterocycles. The summed E-state index contributed by atoms with van der Waals surface area (Å²) >= 11 is 6.17. The second kappa shape index (κ2) is 8.58. The summed E-state index contributed by atoms with van der Waals surface area (Å²) in [6.45, 7) is 2.00. The molecular formula is C18H19ClFNO4. The molecule has 0 spiro atoms. The van der Waals surface area contributed by atoms with Crippen LogP contribution in [0.2, 0.25) is 5.02 Å². The van der Waals surface area contributed by atoms with E-state index < -0.39 is 11.8 Å². The van der Waals surface area contributed by atoms with E-state index in [0.29, 0.717) is 29.3 Å². The van der Waals surface area contributed by atoms with E-state index in [1.54, 1.807) is 38.3 Å². The van der Waals surface area contributed by atoms with Gasteiger partial charge in [0.15, 0.2) is 0 Å². The van der Waals surface area contributed by atoms with Gasteiger partial charge in [-0.2, -0.15) is 0 Å². The molecule has 0 heterocycles. The van der Waals surface area contributed by atoms with Crippen molar-refractivity contribution >= 4 is 23.3 Å². The first-order valence-electron chi connectivity index (χ1n) is 7.66. The molecule has 134 valence electrons. The van der Waals surface area contributed by atoms with Gasteiger partial charge >= 0.3 is 5.97 Å². The van der Waals surface area contributed by atoms with Crippen LogP contribution in [0, 0.1) is 5.82 Å². The van der Waals surface area contributed by atoms with E-state index >= 15 is 0 Å². The smallest absolute Gasteiger partial charge is 0.323 e. The summed E-state index contributed by atoms with van der Waals surface area (Å²) in [4.78, 5) is 12.6. The highest BCUT2D eigenvalue weighted by Gasteiger charge is 2.18. The summed E-state index contributed by atoms with van der Waals surface area (Å²) in [5.74, 6) is -0.249. The van der Waals surface area contributed by atoms with Gasteiger partial charge in [0.25, 0.3) is 0 Å². The zero-order valence-electron chi connectivity index (χ0n) is 14.0. The van der Waals surface area contributed by atoms with Crippen LogP contribution < -0.4 is 14.4 Å². The Morgan fingerprint density at radius 3 is 2.44 bits per heavy atom. The molecule has 0 amide bonds. The van der Waals surface area contributed by atoms with Crippen LogP contribution in [0.25, 0.3) is 0 Å². The van der Waals surface area contributed by atoms with Gasteiger partial charge < -0.3 is 19.5 Å². The number of aliphatic carboxylic acids is 1. The number of nitrogens with zero attached hydrogens (tertiary/aromatic N) is 1. The summed E-state index contributed by atoms with van der Waals surface area (Å²) in [7, 11) is 1.57. The van der Waals surface area contributed by atoms with Crippen LogP contribution in [0.1, 0.15) is 12.5 Å². The third-order valence-corrected chi connectivity index (χ3v) is 3.97. The zero-order valence-corrected chi connectivity index (χ0v) is 14.7. The molecule has 2 rings (SSSR count). The number of halogens is 2. The van der Waals surface area contributed by atoms with Crippen LogP contribution >= 0.6 is 11.6 Å². The molecule has 0 aliphatic rings. The quantitative estimate of drug-likeness (QED) is 0.764. The molecular weight excluding hydrogens is 349 g/mol. The number of ether oxygens (including phenoxy) is 2. The molecule has 0 bridgehead atoms. The average Bonchev–Trinajstić information content (AvgIpc) is 2.58. The van der Waals surface area contributed by atoms with E-state index in [1.165, 1.54) is 17.0 Å². The molecule has 0 atom stereocenters. The Morgan fingerprint density at radius 1 is 1.24 bits per heavy atom. The summed E-state index contributed by atoms with van der Waals surface area (Å²) in [5.41, 5.74) is 0.936. The minimum atomic E-state index is -1.01. The third-order valence-electron chi connectivity index (χ3n) is 3.63. The van der Waals surface area contributed by atoms with Gasteiger partial charge in [-0.3, -0.25) is 4.79 Å². The fraction of sp³-hybridized carbons (Fsp3) is 0.278. The normalized spacial score (nSPS) is 10.4. The molecule has 25 heavy (non-hydrogen) atoms. The number of likely N-dealkylation sites (N-methyl/N-ethyl adjacent to an activating group) is 1. The van der Waals surface area contributed by atoms with Crippen molar-refractivity contribution in [3.8, 4) is 11.5 Å². The number of hydrogen-bond acceptors (Lipinski definition) is 4. The monoisotopic (exact) mass is 367 g/mol. The maximum atomic E-state index is 13.8. The number of rotatable bonds is 8. The van der Waals surface area contributed by atoms with Crippen molar-refractivity contribution in [1.29, 1.82) is 0 Å². The van der Waals surface area contributed by atoms with Gasteiger partial charge in [-0.05, 0) is 43.3 Å². The minimum Gasteiger partial charge on any atom is -0.497 e. The molecule has 0 aliphatic heterocycles. The number of methoxy groups -OCH3 is 1. The zero-order chi connectivity index (χ0) is 18.4. The number of benzene rings is 2. The highest BCUT2D eigenvalue weighted by molar-refractivity contribution is 6.31. The lowest BCUT2D eigenvalue weighted by Gasteiger charge is -2.25. The van der Waals surface area contributed by atoms with Crippen molar-refractivity contribution in [3.63, 3.8) is 0 Å². The van der Waals surface area contributed by atoms with Crippen LogP contribution in [0.15, 0.2) is 36.4 Å². The Hall–Kier alpha value is -2.47. The van der Waals surface area contributed by atoms with Gasteiger partial charge in [-0.15, -0.1) is 0 Å². The van der Waals surface area contributed by atoms with Gasteiger partial charge in [-0.25, -0.2) is 4.39 Å². The van der Waals surface area contributed by atoms with E-state index in [4.69, 9.17) is 26.2 Å². The SMILES string of the molecule is CCN(CC(=O)O)c1cc(F)cc(Cl)c1COc1ccc(OC)cc1. The van der Waals surface area contributed by atoms with Gasteiger partial charge in [0.1, 0.15) is 30.5 Å². The van der Waals surface area contributed by atoms with Crippen LogP contribution in [0.3, 0.4) is 0 Å². The second-order valence-electron chi connectivity index (χ2n) is 5.26. The molecule has 0 saturated heterocycles. The van der Waals surface area contributed by atoms with Crippen molar-refractivity contribution in [3.05, 3.63) is 52.8 Å². The maximum Gasteiger partial charge on any atom is 0.323 e. The van der Waals surface area contributed by atoms with E-state index in [-0.39, 0.29) is 18.2 Å². The Bertz CT molecular complexity index is 737. The van der Waals surface area contributed by atoms with Crippen LogP contribution in [0.5, 0.6) is 11.5 Å². The van der Waals surface area contributed by atoms with Crippen molar-refractivity contribution in [1.82, 2.24) is 0 Å². The topological polar surface area (TPSA) is 59.0 Å². The summed E-state index contributed by atoms with van der Waals surface area (Å²) < 4.78 is 24.6. The molecule has 0 fully saturated rings. The first-order chi connectivity index (χ1) is 11.9. The Kier molecular flexibility index (Phi) is 6.47. The summed E-state index contributed by atoms with van der Waals surface area (Å²) in [6.07, 6.45) is 0. The van der Waals surface area contributed by atoms with Crippen molar-refractivity contribution in [2.24, 2.45) is 0 Å². The van der Waals surface area contributed by atoms with E-state index in [0.717, 1.165) is 0 Å². The lowest BCUT2D eigenvalue weighted by atomic mass is 10.1. The number of anilines is 1. The van der Waals surface area contributed by atoms with Crippen molar-refractivity contribution in [2.45, 2.75) is 13.5 Å². The molecule has 5 nitrogen and oxygen atoms in total. The fourth-order valence-electron chi connectivity index (χ4n) is 2.37. The van der Waals surface area contributed by atoms with Crippen LogP contribution in [-0.4, -0.2) is 31.3 Å². The van der Waals surface area contributed by atoms with Crippen molar-refractivity contribution < 1.29 is 23.8 Å². The number of carboxylic acids is 1. The van der Waals surface area contributed by atoms with E-state index in [2.05, 4.69) is 0 Å². The molecule has 2 aromatic carbocycles. The molecule has 0 aliphatic carbocycles. The minimum absolute atomic E-state index is 0.0803. The number of carbonyl (C=O) groups is 1. The molecule has 0 saturated carbocycles. The van der Waals surface area contributed by atoms with E-state index in [9.17, 15) is 9.18 Å². The number of hydrogen-bond donors (Lipinski definition) is 1. The fourth-order valence-corrected chi connectivity index (χ4v) is 2.63. The van der Waals surface area contributed by atoms with Gasteiger partial charge in [-0.1, -0.05) is 11.6 Å². The van der Waals surface area contributed by atoms with Gasteiger partial charge in [0.05, 0.1) is 12.1 Å². The lowest BCUT2D eigenvalue weighted by Crippen LogP contribution is -2.30. The molecule has 1 N–H and O–H groups in total. The summed E-state index contributed by atoms with van der Waals surface area (Å²) in [5, 5.41) is 9.24. The van der Waals surface area contributed by atoms with Crippen molar-refractivity contribution in [2.75, 3.05) is 25.1 Å². The molecule has 0 radical (unpaired) electrons. The predicted octanol–water partition coefficient (Wildman–Crippen LogP) is 3.98. The third kappa shape index (κ3) is 5.00. The second-order valence-corrected chi connectivity index (χ2v) is 5.66. The first kappa shape index (κ1) is 18.9. The summed E-state index contributed by atoms with van der Waals surface area (Å²) in [6, 6.07) is 9.45. The first-order valence-corrected chi connectivity index (χ1v) is 8.04. The predicted molar refractivity (Wildman–Crippen MR) is 94.3 cm³/mol. The van der Waals surface area contributed by atoms with Gasteiger partial charge in [0, 0.05) is 17.8 Å². The largest absolute Gasteiger partial charge is 0.497 e. The van der Waals surface area contributed by atoms with Crippen LogP contribution in [-0.2, 0) is 11.4 Å². The van der Waals surface area contributed by atoms with Crippen LogP contribution in [0.4, 0.5) is 10.1 Å². The molecule has 0 unspecified atom stereocenters. The Morgan fingerprint density at radius 2 is 1.88 bits per heavy atom. The highest BCUT2D eigenvalue weighted by atomic mass is 35.5. The lowest BCUT2D eigenvalue weighted by molar-refractivity contribution is -0.135. The number of carboxylic acid groups (broad SMARTS) is 1. The Labute approximate surface area is 150 Å². The van der Waals surface area contributed by atoms with E-state index in [1.807, 2.05) is 0 Å². The molecule has 2 aromatic rings.